The molecular weight excluding hydrogens is 314 g/mol. The average molecular weight is 345 g/mol. The van der Waals surface area contributed by atoms with Crippen LogP contribution in [0.2, 0.25) is 0 Å². The lowest BCUT2D eigenvalue weighted by Crippen LogP contribution is -2.48. The maximum Gasteiger partial charge on any atom is 0.251 e. The van der Waals surface area contributed by atoms with Crippen molar-refractivity contribution in [2.24, 2.45) is 4.99 Å². The molecule has 5 heteroatoms. The van der Waals surface area contributed by atoms with E-state index in [1.54, 1.807) is 7.05 Å². The van der Waals surface area contributed by atoms with Gasteiger partial charge in [0.05, 0.1) is 25.0 Å². The lowest BCUT2D eigenvalue weighted by Gasteiger charge is -2.27. The van der Waals surface area contributed by atoms with E-state index in [1.165, 1.54) is 0 Å². The smallest absolute Gasteiger partial charge is 0.251 e. The fourth-order valence-corrected chi connectivity index (χ4v) is 2.45. The number of aliphatic imine (C=N–C) groups is 1. The Bertz CT molecular complexity index is 621. The molecule has 25 heavy (non-hydrogen) atoms. The predicted octanol–water partition coefficient (Wildman–Crippen LogP) is 2.92. The minimum Gasteiger partial charge on any atom is -0.391 e. The molecule has 0 spiro atoms. The molecule has 0 aromatic heterocycles. The van der Waals surface area contributed by atoms with E-state index >= 15 is 0 Å². The second-order valence-corrected chi connectivity index (χ2v) is 5.95. The Hall–Kier alpha value is -2.14. The summed E-state index contributed by atoms with van der Waals surface area (Å²) in [5.74, 6) is -0.0698. The summed E-state index contributed by atoms with van der Waals surface area (Å²) in [5, 5.41) is 6.16. The predicted molar refractivity (Wildman–Crippen MR) is 105 cm³/mol. The standard InChI is InChI=1S/C20H31N3O2/c1-7-9-16(19(22-6)14(3)15(4)21-5)11-17(10-8-2)20(24)23-18-12-25-13-18/h7,9-11,18,21H,8,12-13H2,1-6H3,(H,23,24)/b9-7-,15-14+,16-11+,17-10-,22-19+. The maximum atomic E-state index is 12.6. The number of nitrogens with zero attached hydrogens (tertiary/aromatic N) is 1. The molecule has 1 aliphatic heterocycles. The summed E-state index contributed by atoms with van der Waals surface area (Å²) in [7, 11) is 3.66. The van der Waals surface area contributed by atoms with Crippen molar-refractivity contribution in [1.29, 1.82) is 0 Å². The van der Waals surface area contributed by atoms with E-state index in [2.05, 4.69) is 15.6 Å². The minimum atomic E-state index is -0.0698. The zero-order valence-corrected chi connectivity index (χ0v) is 16.3. The Morgan fingerprint density at radius 2 is 1.96 bits per heavy atom. The monoisotopic (exact) mass is 345 g/mol. The van der Waals surface area contributed by atoms with Gasteiger partial charge in [-0.2, -0.15) is 0 Å². The minimum absolute atomic E-state index is 0.0698. The summed E-state index contributed by atoms with van der Waals surface area (Å²) in [4.78, 5) is 17.0. The molecule has 1 saturated heterocycles. The van der Waals surface area contributed by atoms with E-state index in [0.29, 0.717) is 18.8 Å². The number of amides is 1. The van der Waals surface area contributed by atoms with E-state index in [9.17, 15) is 4.79 Å². The Morgan fingerprint density at radius 3 is 2.40 bits per heavy atom. The van der Waals surface area contributed by atoms with Crippen LogP contribution in [0.25, 0.3) is 0 Å². The molecule has 1 amide bonds. The molecular formula is C20H31N3O2. The summed E-state index contributed by atoms with van der Waals surface area (Å²) in [5.41, 5.74) is 4.54. The highest BCUT2D eigenvalue weighted by Crippen LogP contribution is 2.16. The third kappa shape index (κ3) is 6.02. The zero-order valence-electron chi connectivity index (χ0n) is 16.3. The van der Waals surface area contributed by atoms with Gasteiger partial charge in [0.2, 0.25) is 0 Å². The van der Waals surface area contributed by atoms with Gasteiger partial charge >= 0.3 is 0 Å². The van der Waals surface area contributed by atoms with Crippen LogP contribution in [0.5, 0.6) is 0 Å². The first-order chi connectivity index (χ1) is 12.0. The molecule has 0 unspecified atom stereocenters. The van der Waals surface area contributed by atoms with Crippen molar-refractivity contribution in [3.05, 3.63) is 46.7 Å². The number of hydrogen-bond donors (Lipinski definition) is 2. The molecule has 0 saturated carbocycles. The summed E-state index contributed by atoms with van der Waals surface area (Å²) in [6.07, 6.45) is 8.58. The second-order valence-electron chi connectivity index (χ2n) is 5.95. The SMILES string of the molecule is C\C=C/C(=C\C(=C\CC)C(=O)NC1COC1)C(=N/C)/C(C)=C(\C)NC. The lowest BCUT2D eigenvalue weighted by atomic mass is 9.98. The van der Waals surface area contributed by atoms with E-state index in [1.807, 2.05) is 59.0 Å². The van der Waals surface area contributed by atoms with Gasteiger partial charge in [-0.1, -0.05) is 25.2 Å². The Morgan fingerprint density at radius 1 is 1.28 bits per heavy atom. The maximum absolute atomic E-state index is 12.6. The highest BCUT2D eigenvalue weighted by atomic mass is 16.5. The number of carbonyl (C=O) groups is 1. The average Bonchev–Trinajstić information content (AvgIpc) is 2.57. The molecule has 0 atom stereocenters. The van der Waals surface area contributed by atoms with Crippen LogP contribution in [0.1, 0.15) is 34.1 Å². The quantitative estimate of drug-likeness (QED) is 0.404. The topological polar surface area (TPSA) is 62.7 Å². The van der Waals surface area contributed by atoms with Gasteiger partial charge in [-0.05, 0) is 38.8 Å². The second kappa shape index (κ2) is 10.7. The zero-order chi connectivity index (χ0) is 18.8. The molecule has 138 valence electrons. The highest BCUT2D eigenvalue weighted by Gasteiger charge is 2.22. The molecule has 1 rings (SSSR count). The third-order valence-corrected chi connectivity index (χ3v) is 4.11. The first-order valence-corrected chi connectivity index (χ1v) is 8.74. The van der Waals surface area contributed by atoms with Crippen LogP contribution >= 0.6 is 0 Å². The highest BCUT2D eigenvalue weighted by molar-refractivity contribution is 6.15. The van der Waals surface area contributed by atoms with Crippen molar-refractivity contribution in [1.82, 2.24) is 10.6 Å². The molecule has 0 bridgehead atoms. The molecule has 0 aliphatic carbocycles. The molecule has 0 radical (unpaired) electrons. The van der Waals surface area contributed by atoms with Gasteiger partial charge in [0, 0.05) is 30.9 Å². The molecule has 1 fully saturated rings. The number of rotatable bonds is 8. The van der Waals surface area contributed by atoms with Crippen LogP contribution in [0.4, 0.5) is 0 Å². The molecule has 5 nitrogen and oxygen atoms in total. The summed E-state index contributed by atoms with van der Waals surface area (Å²) < 4.78 is 5.13. The number of ether oxygens (including phenoxy) is 1. The van der Waals surface area contributed by atoms with Gasteiger partial charge in [-0.25, -0.2) is 0 Å². The van der Waals surface area contributed by atoms with Crippen molar-refractivity contribution in [3.63, 3.8) is 0 Å². The van der Waals surface area contributed by atoms with Crippen LogP contribution in [0.15, 0.2) is 51.7 Å². The Labute approximate surface area is 151 Å². The number of carbonyl (C=O) groups excluding carboxylic acids is 1. The van der Waals surface area contributed by atoms with Gasteiger partial charge in [0.15, 0.2) is 0 Å². The van der Waals surface area contributed by atoms with Crippen LogP contribution in [-0.4, -0.2) is 45.0 Å². The van der Waals surface area contributed by atoms with E-state index in [4.69, 9.17) is 4.74 Å². The van der Waals surface area contributed by atoms with Crippen LogP contribution in [-0.2, 0) is 9.53 Å². The molecule has 0 aromatic rings. The summed E-state index contributed by atoms with van der Waals surface area (Å²) >= 11 is 0. The van der Waals surface area contributed by atoms with E-state index < -0.39 is 0 Å². The molecule has 1 heterocycles. The lowest BCUT2D eigenvalue weighted by molar-refractivity contribution is -0.121. The fraction of sp³-hybridized carbons (Fsp3) is 0.500. The largest absolute Gasteiger partial charge is 0.391 e. The summed E-state index contributed by atoms with van der Waals surface area (Å²) in [6, 6.07) is 0.110. The molecule has 2 N–H and O–H groups in total. The molecule has 1 aliphatic rings. The fourth-order valence-electron chi connectivity index (χ4n) is 2.45. The van der Waals surface area contributed by atoms with E-state index in [0.717, 1.165) is 29.0 Å². The van der Waals surface area contributed by atoms with E-state index in [-0.39, 0.29) is 11.9 Å². The van der Waals surface area contributed by atoms with Crippen molar-refractivity contribution in [2.75, 3.05) is 27.3 Å². The van der Waals surface area contributed by atoms with Gasteiger partial charge in [0.1, 0.15) is 0 Å². The summed E-state index contributed by atoms with van der Waals surface area (Å²) in [6.45, 7) is 9.19. The van der Waals surface area contributed by atoms with Crippen molar-refractivity contribution in [2.45, 2.75) is 40.2 Å². The van der Waals surface area contributed by atoms with Crippen LogP contribution in [0, 0.1) is 0 Å². The first kappa shape index (κ1) is 20.9. The number of hydrogen-bond acceptors (Lipinski definition) is 4. The normalized spacial score (nSPS) is 18.1. The van der Waals surface area contributed by atoms with Crippen molar-refractivity contribution >= 4 is 11.6 Å². The Balaban J connectivity index is 3.22. The number of allylic oxidation sites excluding steroid dienone is 6. The van der Waals surface area contributed by atoms with Gasteiger partial charge in [-0.3, -0.25) is 9.79 Å². The van der Waals surface area contributed by atoms with Crippen molar-refractivity contribution in [3.8, 4) is 0 Å². The van der Waals surface area contributed by atoms with Crippen LogP contribution in [0.3, 0.4) is 0 Å². The first-order valence-electron chi connectivity index (χ1n) is 8.74. The third-order valence-electron chi connectivity index (χ3n) is 4.11. The Kier molecular flexibility index (Phi) is 8.92. The molecule has 0 aromatic carbocycles. The number of nitrogens with one attached hydrogen (secondary N) is 2. The van der Waals surface area contributed by atoms with Gasteiger partial charge < -0.3 is 15.4 Å². The van der Waals surface area contributed by atoms with Crippen molar-refractivity contribution < 1.29 is 9.53 Å². The van der Waals surface area contributed by atoms with Crippen LogP contribution < -0.4 is 10.6 Å². The van der Waals surface area contributed by atoms with Gasteiger partial charge in [-0.15, -0.1) is 0 Å². The van der Waals surface area contributed by atoms with Gasteiger partial charge in [0.25, 0.3) is 5.91 Å².